The van der Waals surface area contributed by atoms with Crippen molar-refractivity contribution in [2.24, 2.45) is 0 Å². The van der Waals surface area contributed by atoms with Crippen LogP contribution < -0.4 is 0 Å². The molecule has 0 fully saturated rings. The van der Waals surface area contributed by atoms with Gasteiger partial charge in [0.1, 0.15) is 0 Å². The summed E-state index contributed by atoms with van der Waals surface area (Å²) in [4.78, 5) is 11.6. The molecule has 0 N–H and O–H groups in total. The van der Waals surface area contributed by atoms with Crippen molar-refractivity contribution in [3.8, 4) is 0 Å². The Morgan fingerprint density at radius 2 is 1.48 bits per heavy atom. The van der Waals surface area contributed by atoms with Crippen LogP contribution in [-0.4, -0.2) is 4.92 Å². The number of nitrogens with zero attached hydrogens (tertiary/aromatic N) is 1. The van der Waals surface area contributed by atoms with Crippen LogP contribution in [0.2, 0.25) is 0 Å². The third-order valence-corrected chi connectivity index (χ3v) is 4.53. The minimum absolute atomic E-state index is 0.213. The number of aryl methyl sites for hydroxylation is 1. The van der Waals surface area contributed by atoms with Crippen LogP contribution >= 0.6 is 0 Å². The smallest absolute Gasteiger partial charge is 0.258 e. The van der Waals surface area contributed by atoms with Crippen molar-refractivity contribution < 1.29 is 4.92 Å². The first-order chi connectivity index (χ1) is 11.2. The van der Waals surface area contributed by atoms with Crippen LogP contribution in [0, 0.1) is 10.1 Å². The maximum absolute atomic E-state index is 11.9. The molecule has 3 heteroatoms. The number of non-ortho nitro benzene ring substituents is 1. The van der Waals surface area contributed by atoms with Crippen molar-refractivity contribution in [1.29, 1.82) is 0 Å². The van der Waals surface area contributed by atoms with Gasteiger partial charge in [-0.1, -0.05) is 61.5 Å². The molecule has 0 heterocycles. The van der Waals surface area contributed by atoms with Crippen molar-refractivity contribution in [1.82, 2.24) is 0 Å². The summed E-state index contributed by atoms with van der Waals surface area (Å²) < 4.78 is 0. The Bertz CT molecular complexity index is 1080. The summed E-state index contributed by atoms with van der Waals surface area (Å²) in [5, 5.41) is 17.3. The van der Waals surface area contributed by atoms with Gasteiger partial charge in [-0.05, 0) is 39.6 Å². The van der Waals surface area contributed by atoms with Crippen LogP contribution in [0.4, 0.5) is 5.69 Å². The van der Waals surface area contributed by atoms with E-state index in [0.29, 0.717) is 0 Å². The molecule has 0 unspecified atom stereocenters. The van der Waals surface area contributed by atoms with E-state index in [4.69, 9.17) is 0 Å². The molecule has 0 saturated carbocycles. The SMILES string of the molecule is CCc1c2ccccc2c([N+](=O)[O-])c2c1ccc1ccccc12. The third kappa shape index (κ3) is 1.90. The standard InChI is InChI=1S/C20H15NO2/c1-2-14-16-9-5-6-10-18(16)20(21(22)23)19-15-8-4-3-7-13(15)11-12-17(14)19/h3-12H,2H2,1H3. The zero-order valence-electron chi connectivity index (χ0n) is 12.7. The summed E-state index contributed by atoms with van der Waals surface area (Å²) in [7, 11) is 0. The fourth-order valence-electron chi connectivity index (χ4n) is 3.58. The Morgan fingerprint density at radius 1 is 0.826 bits per heavy atom. The van der Waals surface area contributed by atoms with E-state index in [1.807, 2.05) is 54.6 Å². The Balaban J connectivity index is 2.40. The van der Waals surface area contributed by atoms with Crippen molar-refractivity contribution in [3.05, 3.63) is 76.3 Å². The molecule has 4 aromatic rings. The predicted molar refractivity (Wildman–Crippen MR) is 95.0 cm³/mol. The summed E-state index contributed by atoms with van der Waals surface area (Å²) in [5.41, 5.74) is 1.39. The van der Waals surface area contributed by atoms with Gasteiger partial charge >= 0.3 is 0 Å². The van der Waals surface area contributed by atoms with Crippen LogP contribution in [0.25, 0.3) is 32.3 Å². The second-order valence-corrected chi connectivity index (χ2v) is 5.69. The lowest BCUT2D eigenvalue weighted by molar-refractivity contribution is -0.381. The number of rotatable bonds is 2. The Kier molecular flexibility index (Phi) is 3.01. The highest BCUT2D eigenvalue weighted by molar-refractivity contribution is 6.20. The molecule has 0 saturated heterocycles. The van der Waals surface area contributed by atoms with E-state index in [9.17, 15) is 10.1 Å². The molecule has 23 heavy (non-hydrogen) atoms. The van der Waals surface area contributed by atoms with Gasteiger partial charge in [0.2, 0.25) is 0 Å². The summed E-state index contributed by atoms with van der Waals surface area (Å²) in [6, 6.07) is 19.6. The van der Waals surface area contributed by atoms with Gasteiger partial charge in [0.05, 0.1) is 15.7 Å². The largest absolute Gasteiger partial charge is 0.285 e. The van der Waals surface area contributed by atoms with E-state index >= 15 is 0 Å². The van der Waals surface area contributed by atoms with Gasteiger partial charge in [-0.15, -0.1) is 0 Å². The fraction of sp³-hybridized carbons (Fsp3) is 0.100. The Labute approximate surface area is 133 Å². The minimum Gasteiger partial charge on any atom is -0.258 e. The van der Waals surface area contributed by atoms with Gasteiger partial charge in [0.25, 0.3) is 5.69 Å². The first-order valence-corrected chi connectivity index (χ1v) is 7.71. The number of hydrogen-bond acceptors (Lipinski definition) is 2. The van der Waals surface area contributed by atoms with E-state index in [2.05, 4.69) is 13.0 Å². The van der Waals surface area contributed by atoms with Gasteiger partial charge in [-0.3, -0.25) is 10.1 Å². The molecule has 0 atom stereocenters. The van der Waals surface area contributed by atoms with Crippen LogP contribution in [-0.2, 0) is 6.42 Å². The van der Waals surface area contributed by atoms with Crippen molar-refractivity contribution in [3.63, 3.8) is 0 Å². The molecule has 112 valence electrons. The molecule has 0 radical (unpaired) electrons. The Hall–Kier alpha value is -2.94. The van der Waals surface area contributed by atoms with E-state index in [1.165, 1.54) is 5.56 Å². The summed E-state index contributed by atoms with van der Waals surface area (Å²) >= 11 is 0. The monoisotopic (exact) mass is 301 g/mol. The average molecular weight is 301 g/mol. The zero-order valence-corrected chi connectivity index (χ0v) is 12.7. The van der Waals surface area contributed by atoms with E-state index < -0.39 is 0 Å². The molecule has 0 aliphatic rings. The molecule has 0 aliphatic carbocycles. The van der Waals surface area contributed by atoms with Gasteiger partial charge < -0.3 is 0 Å². The highest BCUT2D eigenvalue weighted by Crippen LogP contribution is 2.41. The third-order valence-electron chi connectivity index (χ3n) is 4.53. The summed E-state index contributed by atoms with van der Waals surface area (Å²) in [6.07, 6.45) is 0.841. The molecular weight excluding hydrogens is 286 g/mol. The number of nitro groups is 1. The molecule has 4 rings (SSSR count). The molecular formula is C20H15NO2. The van der Waals surface area contributed by atoms with Gasteiger partial charge in [-0.2, -0.15) is 0 Å². The van der Waals surface area contributed by atoms with E-state index in [1.54, 1.807) is 0 Å². The van der Waals surface area contributed by atoms with Crippen molar-refractivity contribution in [2.75, 3.05) is 0 Å². The highest BCUT2D eigenvalue weighted by atomic mass is 16.6. The number of hydrogen-bond donors (Lipinski definition) is 0. The second kappa shape index (κ2) is 5.06. The quantitative estimate of drug-likeness (QED) is 0.209. The van der Waals surface area contributed by atoms with Crippen LogP contribution in [0.3, 0.4) is 0 Å². The topological polar surface area (TPSA) is 43.1 Å². The molecule has 0 amide bonds. The molecule has 0 spiro atoms. The summed E-state index contributed by atoms with van der Waals surface area (Å²) in [6.45, 7) is 2.10. The number of nitro benzene ring substituents is 1. The fourth-order valence-corrected chi connectivity index (χ4v) is 3.58. The van der Waals surface area contributed by atoms with Crippen molar-refractivity contribution >= 4 is 38.0 Å². The molecule has 0 bridgehead atoms. The van der Waals surface area contributed by atoms with E-state index in [-0.39, 0.29) is 10.6 Å². The maximum Gasteiger partial charge on any atom is 0.285 e. The maximum atomic E-state index is 11.9. The first kappa shape index (κ1) is 13.7. The summed E-state index contributed by atoms with van der Waals surface area (Å²) in [5.74, 6) is 0. The Morgan fingerprint density at radius 3 is 2.17 bits per heavy atom. The van der Waals surface area contributed by atoms with Crippen LogP contribution in [0.5, 0.6) is 0 Å². The lowest BCUT2D eigenvalue weighted by Crippen LogP contribution is -1.96. The first-order valence-electron chi connectivity index (χ1n) is 7.71. The molecule has 0 aromatic heterocycles. The van der Waals surface area contributed by atoms with Crippen LogP contribution in [0.1, 0.15) is 12.5 Å². The molecule has 0 aliphatic heterocycles. The minimum atomic E-state index is -0.240. The number of fused-ring (bicyclic) bond motifs is 4. The zero-order chi connectivity index (χ0) is 16.0. The molecule has 3 nitrogen and oxygen atoms in total. The van der Waals surface area contributed by atoms with Gasteiger partial charge in [-0.25, -0.2) is 0 Å². The normalized spacial score (nSPS) is 11.3. The lowest BCUT2D eigenvalue weighted by atomic mass is 9.90. The van der Waals surface area contributed by atoms with E-state index in [0.717, 1.165) is 38.7 Å². The predicted octanol–water partition coefficient (Wildman–Crippen LogP) is 5.62. The average Bonchev–Trinajstić information content (AvgIpc) is 2.59. The van der Waals surface area contributed by atoms with Crippen molar-refractivity contribution in [2.45, 2.75) is 13.3 Å². The second-order valence-electron chi connectivity index (χ2n) is 5.69. The lowest BCUT2D eigenvalue weighted by Gasteiger charge is -2.13. The van der Waals surface area contributed by atoms with Gasteiger partial charge in [0.15, 0.2) is 0 Å². The number of benzene rings is 4. The highest BCUT2D eigenvalue weighted by Gasteiger charge is 2.22. The molecule has 4 aromatic carbocycles. The van der Waals surface area contributed by atoms with Crippen LogP contribution in [0.15, 0.2) is 60.7 Å². The van der Waals surface area contributed by atoms with Gasteiger partial charge in [0, 0.05) is 0 Å².